The van der Waals surface area contributed by atoms with Crippen LogP contribution < -0.4 is 5.73 Å². The lowest BCUT2D eigenvalue weighted by Gasteiger charge is -2.04. The van der Waals surface area contributed by atoms with E-state index in [2.05, 4.69) is 21.1 Å². The van der Waals surface area contributed by atoms with Crippen molar-refractivity contribution in [2.45, 2.75) is 6.92 Å². The second-order valence-electron chi connectivity index (χ2n) is 4.31. The minimum Gasteiger partial charge on any atom is -0.367 e. The first-order valence-electron chi connectivity index (χ1n) is 5.83. The Labute approximate surface area is 133 Å². The van der Waals surface area contributed by atoms with Gasteiger partial charge in [-0.1, -0.05) is 50.9 Å². The molecule has 0 unspecified atom stereocenters. The third-order valence-corrected chi connectivity index (χ3v) is 5.37. The number of nitrogens with zero attached hydrogens (tertiary/aromatic N) is 1. The van der Waals surface area contributed by atoms with Crippen LogP contribution in [0.2, 0.25) is 5.02 Å². The van der Waals surface area contributed by atoms with Gasteiger partial charge in [0.25, 0.3) is 0 Å². The van der Waals surface area contributed by atoms with E-state index in [9.17, 15) is 0 Å². The maximum atomic E-state index is 6.33. The number of thiophene rings is 1. The average molecular weight is 370 g/mol. The quantitative estimate of drug-likeness (QED) is 0.660. The summed E-state index contributed by atoms with van der Waals surface area (Å²) in [5, 5.41) is 6.77. The largest absolute Gasteiger partial charge is 0.367 e. The molecule has 3 rings (SSSR count). The van der Waals surface area contributed by atoms with Crippen molar-refractivity contribution in [3.8, 4) is 21.7 Å². The van der Waals surface area contributed by atoms with E-state index in [1.807, 2.05) is 36.6 Å². The fraction of sp³-hybridized carbons (Fsp3) is 0.0714. The molecular weight excluding hydrogens is 360 g/mol. The lowest BCUT2D eigenvalue weighted by Crippen LogP contribution is -1.88. The Kier molecular flexibility index (Phi) is 3.58. The maximum Gasteiger partial charge on any atom is 0.230 e. The number of aryl methyl sites for hydroxylation is 1. The van der Waals surface area contributed by atoms with E-state index in [0.29, 0.717) is 10.7 Å². The molecule has 2 N–H and O–H groups in total. The summed E-state index contributed by atoms with van der Waals surface area (Å²) in [4.78, 5) is 0.871. The van der Waals surface area contributed by atoms with Crippen molar-refractivity contribution in [3.05, 3.63) is 44.7 Å². The van der Waals surface area contributed by atoms with Crippen LogP contribution in [-0.2, 0) is 0 Å². The van der Waals surface area contributed by atoms with Crippen LogP contribution in [0.5, 0.6) is 0 Å². The van der Waals surface area contributed by atoms with Crippen molar-refractivity contribution in [3.63, 3.8) is 0 Å². The van der Waals surface area contributed by atoms with E-state index in [4.69, 9.17) is 21.9 Å². The van der Waals surface area contributed by atoms with Crippen molar-refractivity contribution in [2.75, 3.05) is 5.73 Å². The van der Waals surface area contributed by atoms with Crippen LogP contribution in [0.3, 0.4) is 0 Å². The van der Waals surface area contributed by atoms with E-state index >= 15 is 0 Å². The standard InChI is InChI=1S/C14H10BrClN2OS/c1-7-6-20-13(11(7)16)12-10(14(17)19-18-12)8-4-2-3-5-9(8)15/h2-6H,17H2,1H3. The predicted octanol–water partition coefficient (Wildman–Crippen LogP) is 5.38. The van der Waals surface area contributed by atoms with Crippen molar-refractivity contribution in [1.29, 1.82) is 0 Å². The zero-order valence-electron chi connectivity index (χ0n) is 10.5. The zero-order chi connectivity index (χ0) is 14.3. The van der Waals surface area contributed by atoms with Gasteiger partial charge in [-0.15, -0.1) is 11.3 Å². The van der Waals surface area contributed by atoms with Gasteiger partial charge in [0.05, 0.1) is 15.5 Å². The molecule has 3 aromatic rings. The molecule has 0 spiro atoms. The van der Waals surface area contributed by atoms with Crippen LogP contribution in [0, 0.1) is 6.92 Å². The maximum absolute atomic E-state index is 6.33. The molecule has 20 heavy (non-hydrogen) atoms. The van der Waals surface area contributed by atoms with E-state index < -0.39 is 0 Å². The first kappa shape index (κ1) is 13.7. The predicted molar refractivity (Wildman–Crippen MR) is 87.1 cm³/mol. The summed E-state index contributed by atoms with van der Waals surface area (Å²) < 4.78 is 6.11. The minimum absolute atomic E-state index is 0.286. The number of rotatable bonds is 2. The third-order valence-electron chi connectivity index (χ3n) is 2.98. The molecule has 2 heterocycles. The molecular formula is C14H10BrClN2OS. The van der Waals surface area contributed by atoms with Crippen LogP contribution >= 0.6 is 38.9 Å². The van der Waals surface area contributed by atoms with Gasteiger partial charge in [-0.05, 0) is 23.9 Å². The topological polar surface area (TPSA) is 52.0 Å². The van der Waals surface area contributed by atoms with Crippen molar-refractivity contribution in [1.82, 2.24) is 5.16 Å². The molecule has 0 aliphatic heterocycles. The Bertz CT molecular complexity index is 781. The summed E-state index contributed by atoms with van der Waals surface area (Å²) in [6.07, 6.45) is 0. The number of nitrogens with two attached hydrogens (primary N) is 1. The van der Waals surface area contributed by atoms with Gasteiger partial charge in [0, 0.05) is 10.0 Å². The molecule has 0 atom stereocenters. The molecule has 3 nitrogen and oxygen atoms in total. The molecule has 0 aliphatic rings. The number of benzene rings is 1. The lowest BCUT2D eigenvalue weighted by molar-refractivity contribution is 0.439. The van der Waals surface area contributed by atoms with Gasteiger partial charge < -0.3 is 10.3 Å². The molecule has 0 saturated carbocycles. The highest BCUT2D eigenvalue weighted by Gasteiger charge is 2.22. The van der Waals surface area contributed by atoms with E-state index in [-0.39, 0.29) is 5.88 Å². The van der Waals surface area contributed by atoms with Gasteiger partial charge in [0.1, 0.15) is 5.69 Å². The smallest absolute Gasteiger partial charge is 0.230 e. The molecule has 0 saturated heterocycles. The summed E-state index contributed by atoms with van der Waals surface area (Å²) in [6.45, 7) is 1.96. The SMILES string of the molecule is Cc1csc(-c2noc(N)c2-c2ccccc2Br)c1Cl. The highest BCUT2D eigenvalue weighted by molar-refractivity contribution is 9.10. The molecule has 102 valence electrons. The second kappa shape index (κ2) is 5.24. The molecule has 0 amide bonds. The number of aromatic nitrogens is 1. The Morgan fingerprint density at radius 2 is 2.10 bits per heavy atom. The van der Waals surface area contributed by atoms with Gasteiger partial charge in [-0.25, -0.2) is 0 Å². The number of anilines is 1. The zero-order valence-corrected chi connectivity index (χ0v) is 13.6. The Balaban J connectivity index is 2.26. The van der Waals surface area contributed by atoms with Crippen molar-refractivity contribution < 1.29 is 4.52 Å². The third kappa shape index (κ3) is 2.16. The molecule has 0 radical (unpaired) electrons. The van der Waals surface area contributed by atoms with E-state index in [1.54, 1.807) is 0 Å². The number of halogens is 2. The van der Waals surface area contributed by atoms with Gasteiger partial charge in [-0.2, -0.15) is 0 Å². The molecule has 6 heteroatoms. The van der Waals surface area contributed by atoms with Gasteiger partial charge in [0.2, 0.25) is 5.88 Å². The van der Waals surface area contributed by atoms with Crippen molar-refractivity contribution >= 4 is 44.8 Å². The molecule has 0 aliphatic carbocycles. The Hall–Kier alpha value is -1.30. The van der Waals surface area contributed by atoms with E-state index in [1.165, 1.54) is 11.3 Å². The summed E-state index contributed by atoms with van der Waals surface area (Å²) >= 11 is 11.4. The summed E-state index contributed by atoms with van der Waals surface area (Å²) in [7, 11) is 0. The molecule has 0 fully saturated rings. The monoisotopic (exact) mass is 368 g/mol. The summed E-state index contributed by atoms with van der Waals surface area (Å²) in [6, 6.07) is 7.80. The highest BCUT2D eigenvalue weighted by atomic mass is 79.9. The van der Waals surface area contributed by atoms with Crippen LogP contribution in [0.25, 0.3) is 21.7 Å². The first-order chi connectivity index (χ1) is 9.59. The van der Waals surface area contributed by atoms with Crippen LogP contribution in [0.15, 0.2) is 38.6 Å². The molecule has 0 bridgehead atoms. The summed E-state index contributed by atoms with van der Waals surface area (Å²) in [5.41, 5.74) is 9.34. The van der Waals surface area contributed by atoms with Crippen LogP contribution in [0.1, 0.15) is 5.56 Å². The number of nitrogen functional groups attached to an aromatic ring is 1. The van der Waals surface area contributed by atoms with Crippen molar-refractivity contribution in [2.24, 2.45) is 0 Å². The fourth-order valence-corrected chi connectivity index (χ4v) is 3.72. The Morgan fingerprint density at radius 1 is 1.35 bits per heavy atom. The van der Waals surface area contributed by atoms with Gasteiger partial charge in [0.15, 0.2) is 0 Å². The normalized spacial score (nSPS) is 10.9. The first-order valence-corrected chi connectivity index (χ1v) is 7.88. The average Bonchev–Trinajstić information content (AvgIpc) is 2.95. The van der Waals surface area contributed by atoms with Crippen LogP contribution in [0.4, 0.5) is 5.88 Å². The number of hydrogen-bond acceptors (Lipinski definition) is 4. The number of hydrogen-bond donors (Lipinski definition) is 1. The van der Waals surface area contributed by atoms with Gasteiger partial charge >= 0.3 is 0 Å². The molecule has 2 aromatic heterocycles. The van der Waals surface area contributed by atoms with Crippen LogP contribution in [-0.4, -0.2) is 5.16 Å². The van der Waals surface area contributed by atoms with Gasteiger partial charge in [-0.3, -0.25) is 0 Å². The lowest BCUT2D eigenvalue weighted by atomic mass is 10.0. The fourth-order valence-electron chi connectivity index (χ4n) is 1.97. The second-order valence-corrected chi connectivity index (χ2v) is 6.42. The highest BCUT2D eigenvalue weighted by Crippen LogP contribution is 2.44. The van der Waals surface area contributed by atoms with E-state index in [0.717, 1.165) is 26.0 Å². The Morgan fingerprint density at radius 3 is 2.75 bits per heavy atom. The minimum atomic E-state index is 0.286. The molecule has 1 aromatic carbocycles. The summed E-state index contributed by atoms with van der Waals surface area (Å²) in [5.74, 6) is 0.286.